The maximum Gasteiger partial charge on any atom is 0.329 e. The summed E-state index contributed by atoms with van der Waals surface area (Å²) in [5.74, 6) is -0.610. The molecule has 2 rings (SSSR count). The van der Waals surface area contributed by atoms with E-state index in [1.165, 1.54) is 45.7 Å². The van der Waals surface area contributed by atoms with Gasteiger partial charge >= 0.3 is 11.8 Å². The third-order valence-corrected chi connectivity index (χ3v) is 4.19. The lowest BCUT2D eigenvalue weighted by molar-refractivity contribution is -0.136. The van der Waals surface area contributed by atoms with Crippen LogP contribution in [0.15, 0.2) is 35.4 Å². The lowest BCUT2D eigenvalue weighted by Crippen LogP contribution is -2.32. The minimum absolute atomic E-state index is 0.250. The molecule has 0 fully saturated rings. The number of nitrogens with zero attached hydrogens (tertiary/aromatic N) is 1. The van der Waals surface area contributed by atoms with E-state index in [-0.39, 0.29) is 5.02 Å². The molecule has 0 aliphatic carbocycles. The second-order valence-corrected chi connectivity index (χ2v) is 6.06. The van der Waals surface area contributed by atoms with Crippen molar-refractivity contribution in [1.29, 1.82) is 0 Å². The Morgan fingerprint density at radius 3 is 2.11 bits per heavy atom. The molecular weight excluding hydrogens is 409 g/mol. The Morgan fingerprint density at radius 2 is 1.57 bits per heavy atom. The lowest BCUT2D eigenvalue weighted by Gasteiger charge is -2.12. The average Bonchev–Trinajstić information content (AvgIpc) is 2.69. The van der Waals surface area contributed by atoms with E-state index in [9.17, 15) is 9.59 Å². The molecule has 0 unspecified atom stereocenters. The highest BCUT2D eigenvalue weighted by Gasteiger charge is 2.14. The van der Waals surface area contributed by atoms with Crippen LogP contribution in [0.2, 0.25) is 10.0 Å². The minimum atomic E-state index is -0.963. The number of halogens is 2. The Morgan fingerprint density at radius 1 is 0.929 bits per heavy atom. The van der Waals surface area contributed by atoms with E-state index in [4.69, 9.17) is 37.4 Å². The van der Waals surface area contributed by atoms with Crippen molar-refractivity contribution in [3.8, 4) is 17.2 Å². The molecule has 10 heteroatoms. The van der Waals surface area contributed by atoms with E-state index < -0.39 is 11.8 Å². The predicted octanol–water partition coefficient (Wildman–Crippen LogP) is 3.11. The van der Waals surface area contributed by atoms with Gasteiger partial charge in [-0.3, -0.25) is 9.59 Å². The smallest absolute Gasteiger partial charge is 0.329 e. The topological polar surface area (TPSA) is 98.2 Å². The summed E-state index contributed by atoms with van der Waals surface area (Å²) < 4.78 is 15.7. The number of nitrogens with one attached hydrogen (secondary N) is 2. The molecule has 0 atom stereocenters. The standard InChI is InChI=1S/C18H17Cl2N3O5/c1-26-14-6-10(7-15(27-2)16(14)28-3)9-21-23-18(25)17(24)22-11-4-5-12(19)13(20)8-11/h4-9H,1-3H3,(H,22,24)(H,23,25)/b21-9-. The fraction of sp³-hybridized carbons (Fsp3) is 0.167. The van der Waals surface area contributed by atoms with Crippen LogP contribution in [0.5, 0.6) is 17.2 Å². The Hall–Kier alpha value is -2.97. The monoisotopic (exact) mass is 425 g/mol. The van der Waals surface area contributed by atoms with E-state index >= 15 is 0 Å². The molecule has 0 heterocycles. The number of ether oxygens (including phenoxy) is 3. The Kier molecular flexibility index (Phi) is 7.48. The van der Waals surface area contributed by atoms with Gasteiger partial charge in [0.2, 0.25) is 5.75 Å². The highest BCUT2D eigenvalue weighted by atomic mass is 35.5. The molecule has 148 valence electrons. The molecular formula is C18H17Cl2N3O5. The van der Waals surface area contributed by atoms with Crippen LogP contribution >= 0.6 is 23.2 Å². The Bertz CT molecular complexity index is 893. The van der Waals surface area contributed by atoms with E-state index in [0.29, 0.717) is 33.5 Å². The number of carbonyl (C=O) groups is 2. The highest BCUT2D eigenvalue weighted by molar-refractivity contribution is 6.42. The summed E-state index contributed by atoms with van der Waals surface area (Å²) in [6.07, 6.45) is 1.33. The zero-order valence-electron chi connectivity index (χ0n) is 15.2. The Balaban J connectivity index is 2.04. The number of rotatable bonds is 6. The van der Waals surface area contributed by atoms with Gasteiger partial charge in [0, 0.05) is 11.3 Å². The van der Waals surface area contributed by atoms with Gasteiger partial charge in [0.15, 0.2) is 11.5 Å². The fourth-order valence-electron chi connectivity index (χ4n) is 2.15. The maximum absolute atomic E-state index is 11.9. The van der Waals surface area contributed by atoms with Crippen LogP contribution < -0.4 is 25.0 Å². The molecule has 0 aliphatic rings. The van der Waals surface area contributed by atoms with Gasteiger partial charge in [-0.15, -0.1) is 0 Å². The van der Waals surface area contributed by atoms with Crippen LogP contribution in [-0.2, 0) is 9.59 Å². The summed E-state index contributed by atoms with van der Waals surface area (Å²) in [7, 11) is 4.45. The summed E-state index contributed by atoms with van der Waals surface area (Å²) in [6, 6.07) is 7.70. The first-order chi connectivity index (χ1) is 13.4. The van der Waals surface area contributed by atoms with E-state index in [0.717, 1.165) is 0 Å². The second-order valence-electron chi connectivity index (χ2n) is 5.24. The molecule has 0 spiro atoms. The SMILES string of the molecule is COc1cc(/C=N\NC(=O)C(=O)Nc2ccc(Cl)c(Cl)c2)cc(OC)c1OC. The number of hydrogen-bond donors (Lipinski definition) is 2. The summed E-state index contributed by atoms with van der Waals surface area (Å²) in [5, 5.41) is 6.73. The molecule has 8 nitrogen and oxygen atoms in total. The molecule has 0 aliphatic heterocycles. The quantitative estimate of drug-likeness (QED) is 0.420. The average molecular weight is 426 g/mol. The van der Waals surface area contributed by atoms with Crippen molar-refractivity contribution in [3.05, 3.63) is 45.9 Å². The number of amides is 2. The van der Waals surface area contributed by atoms with Gasteiger partial charge in [0.1, 0.15) is 0 Å². The van der Waals surface area contributed by atoms with Gasteiger partial charge in [0.05, 0.1) is 37.6 Å². The summed E-state index contributed by atoms with van der Waals surface area (Å²) >= 11 is 11.7. The molecule has 2 aromatic carbocycles. The number of methoxy groups -OCH3 is 3. The van der Waals surface area contributed by atoms with Crippen molar-refractivity contribution in [3.63, 3.8) is 0 Å². The van der Waals surface area contributed by atoms with Gasteiger partial charge in [-0.1, -0.05) is 23.2 Å². The van der Waals surface area contributed by atoms with Crippen LogP contribution in [0.25, 0.3) is 0 Å². The molecule has 2 aromatic rings. The lowest BCUT2D eigenvalue weighted by atomic mass is 10.2. The maximum atomic E-state index is 11.9. The van der Waals surface area contributed by atoms with Gasteiger partial charge in [-0.2, -0.15) is 5.10 Å². The van der Waals surface area contributed by atoms with Crippen molar-refractivity contribution in [1.82, 2.24) is 5.43 Å². The first-order valence-electron chi connectivity index (χ1n) is 7.79. The van der Waals surface area contributed by atoms with Crippen LogP contribution in [-0.4, -0.2) is 39.4 Å². The van der Waals surface area contributed by atoms with Crippen molar-refractivity contribution in [2.45, 2.75) is 0 Å². The Labute approximate surface area is 171 Å². The first-order valence-corrected chi connectivity index (χ1v) is 8.54. The third-order valence-electron chi connectivity index (χ3n) is 3.45. The van der Waals surface area contributed by atoms with Crippen molar-refractivity contribution in [2.75, 3.05) is 26.6 Å². The molecule has 0 aromatic heterocycles. The largest absolute Gasteiger partial charge is 0.493 e. The van der Waals surface area contributed by atoms with Gasteiger partial charge in [0.25, 0.3) is 0 Å². The van der Waals surface area contributed by atoms with E-state index in [1.807, 2.05) is 0 Å². The predicted molar refractivity (Wildman–Crippen MR) is 107 cm³/mol. The van der Waals surface area contributed by atoms with Crippen LogP contribution in [0, 0.1) is 0 Å². The van der Waals surface area contributed by atoms with E-state index in [2.05, 4.69) is 15.8 Å². The zero-order chi connectivity index (χ0) is 20.7. The third kappa shape index (κ3) is 5.28. The van der Waals surface area contributed by atoms with Crippen LogP contribution in [0.3, 0.4) is 0 Å². The molecule has 0 bridgehead atoms. The van der Waals surface area contributed by atoms with Crippen molar-refractivity contribution in [2.24, 2.45) is 5.10 Å². The molecule has 0 radical (unpaired) electrons. The molecule has 0 saturated heterocycles. The van der Waals surface area contributed by atoms with Crippen LogP contribution in [0.1, 0.15) is 5.56 Å². The minimum Gasteiger partial charge on any atom is -0.493 e. The summed E-state index contributed by atoms with van der Waals surface area (Å²) in [5.41, 5.74) is 3.00. The highest BCUT2D eigenvalue weighted by Crippen LogP contribution is 2.37. The number of hydrogen-bond acceptors (Lipinski definition) is 6. The van der Waals surface area contributed by atoms with Gasteiger partial charge in [-0.25, -0.2) is 5.43 Å². The number of anilines is 1. The summed E-state index contributed by atoms with van der Waals surface area (Å²) in [6.45, 7) is 0. The van der Waals surface area contributed by atoms with Crippen molar-refractivity contribution >= 4 is 46.9 Å². The van der Waals surface area contributed by atoms with Crippen LogP contribution in [0.4, 0.5) is 5.69 Å². The molecule has 2 N–H and O–H groups in total. The zero-order valence-corrected chi connectivity index (χ0v) is 16.7. The fourth-order valence-corrected chi connectivity index (χ4v) is 2.45. The normalized spacial score (nSPS) is 10.5. The number of carbonyl (C=O) groups excluding carboxylic acids is 2. The molecule has 28 heavy (non-hydrogen) atoms. The van der Waals surface area contributed by atoms with Crippen molar-refractivity contribution < 1.29 is 23.8 Å². The second kappa shape index (κ2) is 9.82. The summed E-state index contributed by atoms with van der Waals surface area (Å²) in [4.78, 5) is 23.8. The number of hydrazone groups is 1. The number of benzene rings is 2. The first kappa shape index (κ1) is 21.3. The van der Waals surface area contributed by atoms with Gasteiger partial charge in [-0.05, 0) is 30.3 Å². The van der Waals surface area contributed by atoms with E-state index in [1.54, 1.807) is 12.1 Å². The molecule has 0 saturated carbocycles. The molecule has 2 amide bonds. The van der Waals surface area contributed by atoms with Gasteiger partial charge < -0.3 is 19.5 Å².